The van der Waals surface area contributed by atoms with Crippen molar-refractivity contribution >= 4 is 11.6 Å². The Morgan fingerprint density at radius 2 is 2.12 bits per heavy atom. The summed E-state index contributed by atoms with van der Waals surface area (Å²) in [6, 6.07) is 5.80. The topological polar surface area (TPSA) is 42.7 Å². The molecule has 5 heteroatoms. The molecule has 0 aliphatic heterocycles. The Labute approximate surface area is 106 Å². The minimum Gasteiger partial charge on any atom is -0.316 e. The van der Waals surface area contributed by atoms with Gasteiger partial charge in [0.05, 0.1) is 5.69 Å². The largest absolute Gasteiger partial charge is 0.316 e. The lowest BCUT2D eigenvalue weighted by Gasteiger charge is -2.10. The number of hydrogen-bond donors (Lipinski definition) is 1. The van der Waals surface area contributed by atoms with E-state index < -0.39 is 0 Å². The van der Waals surface area contributed by atoms with E-state index >= 15 is 0 Å². The lowest BCUT2D eigenvalue weighted by molar-refractivity contribution is 0.774. The lowest BCUT2D eigenvalue weighted by atomic mass is 10.2. The summed E-state index contributed by atoms with van der Waals surface area (Å²) in [5.74, 6) is 1.63. The van der Waals surface area contributed by atoms with Crippen molar-refractivity contribution < 1.29 is 0 Å². The molecule has 1 aromatic carbocycles. The molecule has 0 amide bonds. The van der Waals surface area contributed by atoms with Crippen LogP contribution in [0.15, 0.2) is 18.2 Å². The van der Waals surface area contributed by atoms with Crippen LogP contribution in [0.2, 0.25) is 5.02 Å². The van der Waals surface area contributed by atoms with E-state index in [4.69, 9.17) is 11.6 Å². The Morgan fingerprint density at radius 1 is 1.35 bits per heavy atom. The SMILES string of the molecule is CNCc1ccc(Cl)cc1-n1nc(C)nc1C. The summed E-state index contributed by atoms with van der Waals surface area (Å²) in [5, 5.41) is 8.22. The second kappa shape index (κ2) is 4.85. The highest BCUT2D eigenvalue weighted by atomic mass is 35.5. The first kappa shape index (κ1) is 12.1. The number of aromatic nitrogens is 3. The van der Waals surface area contributed by atoms with Crippen molar-refractivity contribution in [2.45, 2.75) is 20.4 Å². The molecular formula is C12H15ClN4. The quantitative estimate of drug-likeness (QED) is 0.909. The van der Waals surface area contributed by atoms with Crippen LogP contribution in [0.4, 0.5) is 0 Å². The van der Waals surface area contributed by atoms with Crippen LogP contribution in [0.25, 0.3) is 5.69 Å². The molecule has 1 heterocycles. The van der Waals surface area contributed by atoms with Gasteiger partial charge in [-0.1, -0.05) is 17.7 Å². The minimum atomic E-state index is 0.701. The van der Waals surface area contributed by atoms with Gasteiger partial charge in [-0.3, -0.25) is 0 Å². The summed E-state index contributed by atoms with van der Waals surface area (Å²) in [4.78, 5) is 4.31. The van der Waals surface area contributed by atoms with Gasteiger partial charge in [0, 0.05) is 11.6 Å². The average Bonchev–Trinajstić information content (AvgIpc) is 2.61. The van der Waals surface area contributed by atoms with Crippen LogP contribution in [0, 0.1) is 13.8 Å². The van der Waals surface area contributed by atoms with Crippen LogP contribution >= 0.6 is 11.6 Å². The second-order valence-corrected chi connectivity index (χ2v) is 4.36. The van der Waals surface area contributed by atoms with Crippen LogP contribution in [0.1, 0.15) is 17.2 Å². The van der Waals surface area contributed by atoms with Crippen molar-refractivity contribution in [1.82, 2.24) is 20.1 Å². The lowest BCUT2D eigenvalue weighted by Crippen LogP contribution is -2.10. The van der Waals surface area contributed by atoms with E-state index in [1.807, 2.05) is 43.8 Å². The van der Waals surface area contributed by atoms with E-state index in [1.165, 1.54) is 0 Å². The molecule has 0 aliphatic rings. The third-order valence-electron chi connectivity index (χ3n) is 2.52. The smallest absolute Gasteiger partial charge is 0.148 e. The van der Waals surface area contributed by atoms with Crippen molar-refractivity contribution in [1.29, 1.82) is 0 Å². The van der Waals surface area contributed by atoms with Crippen LogP contribution in [-0.4, -0.2) is 21.8 Å². The summed E-state index contributed by atoms with van der Waals surface area (Å²) in [5.41, 5.74) is 2.12. The van der Waals surface area contributed by atoms with Gasteiger partial charge in [-0.2, -0.15) is 5.10 Å². The standard InChI is InChI=1S/C12H15ClN4/c1-8-15-9(2)17(16-8)12-6-11(13)5-4-10(12)7-14-3/h4-6,14H,7H2,1-3H3. The molecule has 0 aliphatic carbocycles. The Kier molecular flexibility index (Phi) is 3.45. The second-order valence-electron chi connectivity index (χ2n) is 3.92. The molecule has 0 unspecified atom stereocenters. The number of nitrogens with zero attached hydrogens (tertiary/aromatic N) is 3. The number of rotatable bonds is 3. The third kappa shape index (κ3) is 2.48. The molecule has 0 fully saturated rings. The molecule has 0 bridgehead atoms. The van der Waals surface area contributed by atoms with Crippen molar-refractivity contribution in [3.8, 4) is 5.69 Å². The monoisotopic (exact) mass is 250 g/mol. The summed E-state index contributed by atoms with van der Waals surface area (Å²) in [6.45, 7) is 4.58. The molecule has 0 saturated heterocycles. The third-order valence-corrected chi connectivity index (χ3v) is 2.75. The normalized spacial score (nSPS) is 10.8. The van der Waals surface area contributed by atoms with E-state index in [0.717, 1.165) is 29.4 Å². The van der Waals surface area contributed by atoms with E-state index in [9.17, 15) is 0 Å². The van der Waals surface area contributed by atoms with Crippen LogP contribution < -0.4 is 5.32 Å². The highest BCUT2D eigenvalue weighted by Gasteiger charge is 2.10. The molecule has 90 valence electrons. The van der Waals surface area contributed by atoms with Crippen molar-refractivity contribution in [3.05, 3.63) is 40.4 Å². The molecule has 0 atom stereocenters. The Balaban J connectivity index is 2.56. The average molecular weight is 251 g/mol. The molecule has 0 radical (unpaired) electrons. The van der Waals surface area contributed by atoms with E-state index in [1.54, 1.807) is 0 Å². The van der Waals surface area contributed by atoms with Crippen molar-refractivity contribution in [2.24, 2.45) is 0 Å². The van der Waals surface area contributed by atoms with E-state index in [-0.39, 0.29) is 0 Å². The van der Waals surface area contributed by atoms with Gasteiger partial charge in [-0.05, 0) is 38.6 Å². The predicted molar refractivity (Wildman–Crippen MR) is 68.6 cm³/mol. The fourth-order valence-electron chi connectivity index (χ4n) is 1.82. The summed E-state index contributed by atoms with van der Waals surface area (Å²) in [7, 11) is 1.91. The summed E-state index contributed by atoms with van der Waals surface area (Å²) in [6.07, 6.45) is 0. The number of benzene rings is 1. The van der Waals surface area contributed by atoms with Gasteiger partial charge in [0.2, 0.25) is 0 Å². The van der Waals surface area contributed by atoms with Crippen molar-refractivity contribution in [2.75, 3.05) is 7.05 Å². The van der Waals surface area contributed by atoms with Gasteiger partial charge >= 0.3 is 0 Å². The van der Waals surface area contributed by atoms with Gasteiger partial charge < -0.3 is 5.32 Å². The first-order valence-corrected chi connectivity index (χ1v) is 5.83. The summed E-state index contributed by atoms with van der Waals surface area (Å²) < 4.78 is 1.83. The molecule has 1 N–H and O–H groups in total. The molecule has 0 spiro atoms. The molecular weight excluding hydrogens is 236 g/mol. The van der Waals surface area contributed by atoms with Gasteiger partial charge in [0.15, 0.2) is 0 Å². The Hall–Kier alpha value is -1.39. The van der Waals surface area contributed by atoms with Gasteiger partial charge in [0.1, 0.15) is 11.6 Å². The maximum absolute atomic E-state index is 6.04. The molecule has 2 rings (SSSR count). The number of hydrogen-bond acceptors (Lipinski definition) is 3. The summed E-state index contributed by atoms with van der Waals surface area (Å²) >= 11 is 6.04. The van der Waals surface area contributed by atoms with Gasteiger partial charge in [0.25, 0.3) is 0 Å². The number of halogens is 1. The Bertz CT molecular complexity index is 533. The van der Waals surface area contributed by atoms with Crippen LogP contribution in [0.3, 0.4) is 0 Å². The zero-order valence-electron chi connectivity index (χ0n) is 10.2. The molecule has 4 nitrogen and oxygen atoms in total. The molecule has 1 aromatic heterocycles. The van der Waals surface area contributed by atoms with Gasteiger partial charge in [-0.15, -0.1) is 0 Å². The van der Waals surface area contributed by atoms with E-state index in [2.05, 4.69) is 15.4 Å². The zero-order valence-corrected chi connectivity index (χ0v) is 10.9. The minimum absolute atomic E-state index is 0.701. The maximum Gasteiger partial charge on any atom is 0.148 e. The molecule has 2 aromatic rings. The fraction of sp³-hybridized carbons (Fsp3) is 0.333. The van der Waals surface area contributed by atoms with Gasteiger partial charge in [-0.25, -0.2) is 9.67 Å². The first-order valence-electron chi connectivity index (χ1n) is 5.45. The molecule has 0 saturated carbocycles. The fourth-order valence-corrected chi connectivity index (χ4v) is 1.99. The zero-order chi connectivity index (χ0) is 12.4. The highest BCUT2D eigenvalue weighted by Crippen LogP contribution is 2.20. The maximum atomic E-state index is 6.04. The van der Waals surface area contributed by atoms with E-state index in [0.29, 0.717) is 5.02 Å². The first-order chi connectivity index (χ1) is 8.11. The number of aryl methyl sites for hydroxylation is 2. The van der Waals surface area contributed by atoms with Crippen LogP contribution in [0.5, 0.6) is 0 Å². The Morgan fingerprint density at radius 3 is 2.71 bits per heavy atom. The predicted octanol–water partition coefficient (Wildman–Crippen LogP) is 2.26. The van der Waals surface area contributed by atoms with Crippen LogP contribution in [-0.2, 0) is 6.54 Å². The highest BCUT2D eigenvalue weighted by molar-refractivity contribution is 6.30. The van der Waals surface area contributed by atoms with Crippen molar-refractivity contribution in [3.63, 3.8) is 0 Å². The molecule has 17 heavy (non-hydrogen) atoms. The number of nitrogens with one attached hydrogen (secondary N) is 1.